The highest BCUT2D eigenvalue weighted by molar-refractivity contribution is 7.94. The van der Waals surface area contributed by atoms with Crippen LogP contribution < -0.4 is 0 Å². The lowest BCUT2D eigenvalue weighted by atomic mass is 10.1. The Morgan fingerprint density at radius 1 is 1.36 bits per heavy atom. The minimum Gasteiger partial charge on any atom is -0.387 e. The summed E-state index contributed by atoms with van der Waals surface area (Å²) in [5.41, 5.74) is 1.76. The van der Waals surface area contributed by atoms with Crippen LogP contribution >= 0.6 is 12.0 Å². The highest BCUT2D eigenvalue weighted by Gasteiger charge is 2.17. The minimum atomic E-state index is -0.225. The molecule has 1 heterocycles. The van der Waals surface area contributed by atoms with Gasteiger partial charge in [-0.25, -0.2) is 4.79 Å². The van der Waals surface area contributed by atoms with E-state index in [-0.39, 0.29) is 5.97 Å². The number of carbonyl (C=O) groups is 1. The molecule has 0 atom stereocenters. The average molecular weight is 166 g/mol. The van der Waals surface area contributed by atoms with Gasteiger partial charge in [0.2, 0.25) is 0 Å². The maximum Gasteiger partial charge on any atom is 0.350 e. The molecule has 0 saturated carbocycles. The van der Waals surface area contributed by atoms with Crippen molar-refractivity contribution in [2.24, 2.45) is 0 Å². The number of hydrogen-bond donors (Lipinski definition) is 0. The predicted octanol–water partition coefficient (Wildman–Crippen LogP) is 2.01. The summed E-state index contributed by atoms with van der Waals surface area (Å²) >= 11 is 1.20. The van der Waals surface area contributed by atoms with Crippen LogP contribution in [0.1, 0.15) is 15.9 Å². The van der Waals surface area contributed by atoms with E-state index in [1.807, 2.05) is 18.2 Å². The van der Waals surface area contributed by atoms with Gasteiger partial charge in [-0.3, -0.25) is 0 Å². The number of carbonyl (C=O) groups excluding carboxylic acids is 1. The highest BCUT2D eigenvalue weighted by atomic mass is 32.2. The standard InChI is InChI=1S/C8H6O2S/c9-8-7-4-2-1-3-6(7)5-11-10-8/h1-4H,5H2. The van der Waals surface area contributed by atoms with Crippen molar-refractivity contribution in [3.8, 4) is 0 Å². The quantitative estimate of drug-likeness (QED) is 0.551. The van der Waals surface area contributed by atoms with Crippen LogP contribution in [0.3, 0.4) is 0 Å². The molecule has 0 aliphatic carbocycles. The second-order valence-corrected chi connectivity index (χ2v) is 2.98. The molecule has 1 aliphatic rings. The van der Waals surface area contributed by atoms with Crippen LogP contribution in [-0.2, 0) is 9.94 Å². The Labute approximate surface area is 68.8 Å². The first kappa shape index (κ1) is 6.73. The fraction of sp³-hybridized carbons (Fsp3) is 0.125. The molecule has 2 rings (SSSR count). The first-order chi connectivity index (χ1) is 5.38. The molecule has 0 bridgehead atoms. The summed E-state index contributed by atoms with van der Waals surface area (Å²) in [6.07, 6.45) is 0. The van der Waals surface area contributed by atoms with Gasteiger partial charge in [0.05, 0.1) is 23.4 Å². The Kier molecular flexibility index (Phi) is 1.58. The summed E-state index contributed by atoms with van der Waals surface area (Å²) in [6.45, 7) is 0. The van der Waals surface area contributed by atoms with E-state index in [1.54, 1.807) is 6.07 Å². The van der Waals surface area contributed by atoms with Crippen molar-refractivity contribution in [1.82, 2.24) is 0 Å². The topological polar surface area (TPSA) is 26.3 Å². The van der Waals surface area contributed by atoms with Gasteiger partial charge in [0.25, 0.3) is 0 Å². The number of benzene rings is 1. The largest absolute Gasteiger partial charge is 0.387 e. The Balaban J connectivity index is 2.52. The highest BCUT2D eigenvalue weighted by Crippen LogP contribution is 2.24. The summed E-state index contributed by atoms with van der Waals surface area (Å²) in [5, 5.41) is 0. The van der Waals surface area contributed by atoms with Crippen molar-refractivity contribution in [3.63, 3.8) is 0 Å². The van der Waals surface area contributed by atoms with Crippen molar-refractivity contribution in [2.75, 3.05) is 0 Å². The minimum absolute atomic E-state index is 0.225. The molecule has 0 fully saturated rings. The zero-order valence-electron chi connectivity index (χ0n) is 5.74. The van der Waals surface area contributed by atoms with Crippen molar-refractivity contribution in [2.45, 2.75) is 5.75 Å². The second-order valence-electron chi connectivity index (χ2n) is 2.29. The molecule has 0 N–H and O–H groups in total. The van der Waals surface area contributed by atoms with Crippen LogP contribution in [-0.4, -0.2) is 5.97 Å². The van der Waals surface area contributed by atoms with Gasteiger partial charge >= 0.3 is 5.97 Å². The predicted molar refractivity (Wildman–Crippen MR) is 43.2 cm³/mol. The SMILES string of the molecule is O=C1OSCc2ccccc21. The molecule has 3 heteroatoms. The molecular formula is C8H6O2S. The van der Waals surface area contributed by atoms with Gasteiger partial charge in [-0.2, -0.15) is 0 Å². The maximum absolute atomic E-state index is 11.0. The summed E-state index contributed by atoms with van der Waals surface area (Å²) < 4.78 is 4.78. The maximum atomic E-state index is 11.0. The van der Waals surface area contributed by atoms with Gasteiger partial charge in [0, 0.05) is 0 Å². The Morgan fingerprint density at radius 3 is 3.00 bits per heavy atom. The van der Waals surface area contributed by atoms with Gasteiger partial charge in [-0.1, -0.05) is 18.2 Å². The van der Waals surface area contributed by atoms with Crippen molar-refractivity contribution in [1.29, 1.82) is 0 Å². The van der Waals surface area contributed by atoms with E-state index in [4.69, 9.17) is 4.18 Å². The Bertz CT molecular complexity index is 296. The Morgan fingerprint density at radius 2 is 2.18 bits per heavy atom. The zero-order valence-corrected chi connectivity index (χ0v) is 6.56. The molecule has 0 aromatic heterocycles. The average Bonchev–Trinajstić information content (AvgIpc) is 2.06. The normalized spacial score (nSPS) is 15.5. The lowest BCUT2D eigenvalue weighted by Crippen LogP contribution is -2.08. The van der Waals surface area contributed by atoms with Crippen molar-refractivity contribution < 1.29 is 8.98 Å². The molecular weight excluding hydrogens is 160 g/mol. The third-order valence-corrected chi connectivity index (χ3v) is 2.28. The fourth-order valence-electron chi connectivity index (χ4n) is 1.04. The van der Waals surface area contributed by atoms with E-state index in [0.717, 1.165) is 11.3 Å². The van der Waals surface area contributed by atoms with Crippen molar-refractivity contribution in [3.05, 3.63) is 35.4 Å². The monoisotopic (exact) mass is 166 g/mol. The zero-order chi connectivity index (χ0) is 7.68. The first-order valence-corrected chi connectivity index (χ1v) is 4.21. The number of hydrogen-bond acceptors (Lipinski definition) is 3. The molecule has 0 radical (unpaired) electrons. The number of fused-ring (bicyclic) bond motifs is 1. The lowest BCUT2D eigenvalue weighted by Gasteiger charge is -2.12. The molecule has 1 aromatic carbocycles. The smallest absolute Gasteiger partial charge is 0.350 e. The first-order valence-electron chi connectivity index (χ1n) is 3.29. The molecule has 1 aliphatic heterocycles. The van der Waals surface area contributed by atoms with E-state index >= 15 is 0 Å². The van der Waals surface area contributed by atoms with E-state index < -0.39 is 0 Å². The fourth-order valence-corrected chi connectivity index (χ4v) is 1.67. The van der Waals surface area contributed by atoms with E-state index in [1.165, 1.54) is 12.0 Å². The molecule has 0 saturated heterocycles. The second kappa shape index (κ2) is 2.58. The molecule has 56 valence electrons. The van der Waals surface area contributed by atoms with Gasteiger partial charge < -0.3 is 4.18 Å². The summed E-state index contributed by atoms with van der Waals surface area (Å²) in [7, 11) is 0. The van der Waals surface area contributed by atoms with Crippen LogP contribution in [0, 0.1) is 0 Å². The van der Waals surface area contributed by atoms with E-state index in [0.29, 0.717) is 5.56 Å². The molecule has 1 aromatic rings. The van der Waals surface area contributed by atoms with E-state index in [9.17, 15) is 4.79 Å². The Hall–Kier alpha value is -0.960. The van der Waals surface area contributed by atoms with Crippen LogP contribution in [0.15, 0.2) is 24.3 Å². The van der Waals surface area contributed by atoms with Crippen LogP contribution in [0.2, 0.25) is 0 Å². The molecule has 0 spiro atoms. The van der Waals surface area contributed by atoms with Gasteiger partial charge in [-0.05, 0) is 11.6 Å². The third kappa shape index (κ3) is 1.12. The van der Waals surface area contributed by atoms with E-state index in [2.05, 4.69) is 0 Å². The van der Waals surface area contributed by atoms with Crippen LogP contribution in [0.5, 0.6) is 0 Å². The van der Waals surface area contributed by atoms with Crippen molar-refractivity contribution >= 4 is 18.0 Å². The summed E-state index contributed by atoms with van der Waals surface area (Å²) in [5.74, 6) is 0.541. The molecule has 0 unspecified atom stereocenters. The summed E-state index contributed by atoms with van der Waals surface area (Å²) in [6, 6.07) is 7.51. The summed E-state index contributed by atoms with van der Waals surface area (Å²) in [4.78, 5) is 11.0. The van der Waals surface area contributed by atoms with Gasteiger partial charge in [0.1, 0.15) is 0 Å². The lowest BCUT2D eigenvalue weighted by molar-refractivity contribution is 0.0762. The molecule has 2 nitrogen and oxygen atoms in total. The number of rotatable bonds is 0. The third-order valence-electron chi connectivity index (χ3n) is 1.59. The molecule has 0 amide bonds. The van der Waals surface area contributed by atoms with Crippen LogP contribution in [0.25, 0.3) is 0 Å². The molecule has 11 heavy (non-hydrogen) atoms. The van der Waals surface area contributed by atoms with Crippen LogP contribution in [0.4, 0.5) is 0 Å². The van der Waals surface area contributed by atoms with Gasteiger partial charge in [-0.15, -0.1) is 0 Å². The van der Waals surface area contributed by atoms with Gasteiger partial charge in [0.15, 0.2) is 0 Å².